The van der Waals surface area contributed by atoms with Crippen LogP contribution in [0.2, 0.25) is 0 Å². The molecule has 0 unspecified atom stereocenters. The van der Waals surface area contributed by atoms with Crippen LogP contribution in [0.1, 0.15) is 17.3 Å². The van der Waals surface area contributed by atoms with Crippen molar-refractivity contribution in [3.05, 3.63) is 35.1 Å². The average Bonchev–Trinajstić information content (AvgIpc) is 2.35. The van der Waals surface area contributed by atoms with E-state index >= 15 is 0 Å². The lowest BCUT2D eigenvalue weighted by molar-refractivity contribution is 0.0703. The molecule has 0 aromatic heterocycles. The zero-order valence-electron chi connectivity index (χ0n) is 10.3. The van der Waals surface area contributed by atoms with Crippen LogP contribution in [0.25, 0.3) is 0 Å². The number of hydrogen-bond acceptors (Lipinski definition) is 2. The van der Waals surface area contributed by atoms with Gasteiger partial charge in [-0.25, -0.2) is 13.2 Å². The maximum absolute atomic E-state index is 13.5. The molecule has 3 nitrogen and oxygen atoms in total. The minimum absolute atomic E-state index is 0. The van der Waals surface area contributed by atoms with Crippen molar-refractivity contribution in [2.75, 3.05) is 19.6 Å². The van der Waals surface area contributed by atoms with Crippen LogP contribution in [-0.2, 0) is 0 Å². The molecule has 1 atom stereocenters. The molecule has 19 heavy (non-hydrogen) atoms. The second-order valence-electron chi connectivity index (χ2n) is 4.33. The van der Waals surface area contributed by atoms with Crippen molar-refractivity contribution >= 4 is 18.3 Å². The fourth-order valence-corrected chi connectivity index (χ4v) is 1.98. The topological polar surface area (TPSA) is 32.3 Å². The number of rotatable bonds is 1. The zero-order chi connectivity index (χ0) is 13.3. The van der Waals surface area contributed by atoms with E-state index in [1.165, 1.54) is 4.90 Å². The summed E-state index contributed by atoms with van der Waals surface area (Å²) in [7, 11) is 0. The number of nitrogens with one attached hydrogen (secondary N) is 1. The highest BCUT2D eigenvalue weighted by molar-refractivity contribution is 5.94. The maximum atomic E-state index is 13.5. The van der Waals surface area contributed by atoms with E-state index < -0.39 is 28.9 Å². The van der Waals surface area contributed by atoms with E-state index in [9.17, 15) is 18.0 Å². The molecule has 1 saturated heterocycles. The summed E-state index contributed by atoms with van der Waals surface area (Å²) in [4.78, 5) is 13.4. The van der Waals surface area contributed by atoms with Crippen LogP contribution in [0.3, 0.4) is 0 Å². The summed E-state index contributed by atoms with van der Waals surface area (Å²) in [5.74, 6) is -4.94. The molecule has 0 bridgehead atoms. The fraction of sp³-hybridized carbons (Fsp3) is 0.417. The van der Waals surface area contributed by atoms with Gasteiger partial charge in [-0.15, -0.1) is 12.4 Å². The quantitative estimate of drug-likeness (QED) is 0.803. The van der Waals surface area contributed by atoms with Crippen molar-refractivity contribution < 1.29 is 18.0 Å². The summed E-state index contributed by atoms with van der Waals surface area (Å²) < 4.78 is 39.3. The predicted octanol–water partition coefficient (Wildman–Crippen LogP) is 1.96. The van der Waals surface area contributed by atoms with E-state index in [-0.39, 0.29) is 18.4 Å². The number of hydrogen-bond donors (Lipinski definition) is 1. The molecule has 1 fully saturated rings. The van der Waals surface area contributed by atoms with Gasteiger partial charge in [0.2, 0.25) is 0 Å². The summed E-state index contributed by atoms with van der Waals surface area (Å²) in [6.07, 6.45) is 0. The second kappa shape index (κ2) is 6.25. The average molecular weight is 295 g/mol. The minimum atomic E-state index is -1.61. The van der Waals surface area contributed by atoms with Gasteiger partial charge in [0.15, 0.2) is 17.5 Å². The SMILES string of the molecule is C[C@@H]1CN(C(=O)c2ccc(F)c(F)c2F)CCN1.Cl. The molecule has 2 rings (SSSR count). The lowest BCUT2D eigenvalue weighted by Crippen LogP contribution is -2.51. The Labute approximate surface area is 115 Å². The summed E-state index contributed by atoms with van der Waals surface area (Å²) in [5.41, 5.74) is -0.428. The Morgan fingerprint density at radius 2 is 2.00 bits per heavy atom. The molecule has 0 saturated carbocycles. The van der Waals surface area contributed by atoms with Gasteiger partial charge in [-0.05, 0) is 19.1 Å². The second-order valence-corrected chi connectivity index (χ2v) is 4.33. The van der Waals surface area contributed by atoms with Gasteiger partial charge in [0.05, 0.1) is 5.56 Å². The van der Waals surface area contributed by atoms with Crippen LogP contribution in [0.5, 0.6) is 0 Å². The third kappa shape index (κ3) is 3.19. The molecule has 1 amide bonds. The van der Waals surface area contributed by atoms with Gasteiger partial charge in [0.1, 0.15) is 0 Å². The van der Waals surface area contributed by atoms with E-state index in [1.54, 1.807) is 0 Å². The first-order valence-corrected chi connectivity index (χ1v) is 5.67. The normalized spacial score (nSPS) is 18.9. The van der Waals surface area contributed by atoms with E-state index in [0.717, 1.165) is 12.1 Å². The third-order valence-electron chi connectivity index (χ3n) is 2.92. The number of nitrogens with zero attached hydrogens (tertiary/aromatic N) is 1. The van der Waals surface area contributed by atoms with Crippen LogP contribution in [0, 0.1) is 17.5 Å². The summed E-state index contributed by atoms with van der Waals surface area (Å²) in [5, 5.41) is 3.13. The molecule has 0 spiro atoms. The maximum Gasteiger partial charge on any atom is 0.257 e. The van der Waals surface area contributed by atoms with Crippen LogP contribution in [0.15, 0.2) is 12.1 Å². The Bertz CT molecular complexity index is 484. The Morgan fingerprint density at radius 3 is 2.63 bits per heavy atom. The van der Waals surface area contributed by atoms with E-state index in [2.05, 4.69) is 5.32 Å². The number of benzene rings is 1. The highest BCUT2D eigenvalue weighted by Crippen LogP contribution is 2.17. The largest absolute Gasteiger partial charge is 0.336 e. The molecule has 1 heterocycles. The smallest absolute Gasteiger partial charge is 0.257 e. The third-order valence-corrected chi connectivity index (χ3v) is 2.92. The van der Waals surface area contributed by atoms with Gasteiger partial charge < -0.3 is 10.2 Å². The Balaban J connectivity index is 0.00000180. The minimum Gasteiger partial charge on any atom is -0.336 e. The van der Waals surface area contributed by atoms with Gasteiger partial charge in [0.25, 0.3) is 5.91 Å². The molecular formula is C12H14ClF3N2O. The predicted molar refractivity (Wildman–Crippen MR) is 66.9 cm³/mol. The number of carbonyl (C=O) groups is 1. The van der Waals surface area contributed by atoms with Crippen molar-refractivity contribution in [1.82, 2.24) is 10.2 Å². The molecule has 0 aliphatic carbocycles. The van der Waals surface area contributed by atoms with Crippen molar-refractivity contribution in [2.24, 2.45) is 0 Å². The van der Waals surface area contributed by atoms with Crippen molar-refractivity contribution in [3.8, 4) is 0 Å². The highest BCUT2D eigenvalue weighted by atomic mass is 35.5. The van der Waals surface area contributed by atoms with Gasteiger partial charge in [0, 0.05) is 25.7 Å². The van der Waals surface area contributed by atoms with Crippen LogP contribution in [-0.4, -0.2) is 36.5 Å². The molecule has 1 aromatic carbocycles. The number of piperazine rings is 1. The van der Waals surface area contributed by atoms with Crippen molar-refractivity contribution in [2.45, 2.75) is 13.0 Å². The van der Waals surface area contributed by atoms with Crippen LogP contribution >= 0.6 is 12.4 Å². The molecule has 1 aromatic rings. The first kappa shape index (κ1) is 15.8. The van der Waals surface area contributed by atoms with E-state index in [0.29, 0.717) is 19.6 Å². The first-order chi connectivity index (χ1) is 8.50. The van der Waals surface area contributed by atoms with Crippen LogP contribution in [0.4, 0.5) is 13.2 Å². The number of carbonyl (C=O) groups excluding carboxylic acids is 1. The van der Waals surface area contributed by atoms with Gasteiger partial charge in [-0.3, -0.25) is 4.79 Å². The van der Waals surface area contributed by atoms with Gasteiger partial charge in [-0.1, -0.05) is 0 Å². The summed E-state index contributed by atoms with van der Waals surface area (Å²) >= 11 is 0. The van der Waals surface area contributed by atoms with Gasteiger partial charge >= 0.3 is 0 Å². The standard InChI is InChI=1S/C12H13F3N2O.ClH/c1-7-6-17(5-4-16-7)12(18)8-2-3-9(13)11(15)10(8)14;/h2-3,7,16H,4-6H2,1H3;1H/t7-;/m1./s1. The van der Waals surface area contributed by atoms with E-state index in [4.69, 9.17) is 0 Å². The number of amides is 1. The molecular weight excluding hydrogens is 281 g/mol. The number of halogens is 4. The van der Waals surface area contributed by atoms with E-state index in [1.807, 2.05) is 6.92 Å². The molecule has 106 valence electrons. The van der Waals surface area contributed by atoms with Gasteiger partial charge in [-0.2, -0.15) is 0 Å². The molecule has 1 aliphatic heterocycles. The molecule has 1 aliphatic rings. The highest BCUT2D eigenvalue weighted by Gasteiger charge is 2.26. The Hall–Kier alpha value is -1.27. The van der Waals surface area contributed by atoms with Crippen molar-refractivity contribution in [1.29, 1.82) is 0 Å². The zero-order valence-corrected chi connectivity index (χ0v) is 11.1. The monoisotopic (exact) mass is 294 g/mol. The fourth-order valence-electron chi connectivity index (χ4n) is 1.98. The molecule has 1 N–H and O–H groups in total. The van der Waals surface area contributed by atoms with Crippen molar-refractivity contribution in [3.63, 3.8) is 0 Å². The molecule has 7 heteroatoms. The lowest BCUT2D eigenvalue weighted by Gasteiger charge is -2.32. The molecule has 0 radical (unpaired) electrons. The first-order valence-electron chi connectivity index (χ1n) is 5.67. The van der Waals surface area contributed by atoms with Crippen LogP contribution < -0.4 is 5.32 Å². The Morgan fingerprint density at radius 1 is 1.32 bits per heavy atom. The Kier molecular flexibility index (Phi) is 5.20. The summed E-state index contributed by atoms with van der Waals surface area (Å²) in [6.45, 7) is 3.32. The lowest BCUT2D eigenvalue weighted by atomic mass is 10.1. The summed E-state index contributed by atoms with van der Waals surface area (Å²) in [6, 6.07) is 1.83.